The highest BCUT2D eigenvalue weighted by Gasteiger charge is 2.41. The van der Waals surface area contributed by atoms with Gasteiger partial charge in [-0.3, -0.25) is 0 Å². The third kappa shape index (κ3) is 3.03. The van der Waals surface area contributed by atoms with E-state index >= 15 is 0 Å². The first-order chi connectivity index (χ1) is 11.0. The van der Waals surface area contributed by atoms with Gasteiger partial charge in [0.1, 0.15) is 24.1 Å². The summed E-state index contributed by atoms with van der Waals surface area (Å²) in [6.45, 7) is 1.71. The minimum atomic E-state index is -1.34. The summed E-state index contributed by atoms with van der Waals surface area (Å²) in [7, 11) is 0. The van der Waals surface area contributed by atoms with Crippen molar-refractivity contribution in [3.8, 4) is 0 Å². The second-order valence-corrected chi connectivity index (χ2v) is 6.16. The Hall–Kier alpha value is -1.73. The molecule has 1 aromatic heterocycles. The van der Waals surface area contributed by atoms with Crippen molar-refractivity contribution in [3.05, 3.63) is 53.1 Å². The van der Waals surface area contributed by atoms with Gasteiger partial charge in [0.25, 0.3) is 0 Å². The zero-order valence-electron chi connectivity index (χ0n) is 13.0. The predicted molar refractivity (Wildman–Crippen MR) is 83.9 cm³/mol. The molecule has 6 heteroatoms. The molecule has 0 radical (unpaired) electrons. The number of aromatic nitrogens is 2. The minimum Gasteiger partial charge on any atom is -0.394 e. The molecule has 2 aromatic rings. The number of aryl methyl sites for hydroxylation is 3. The molecule has 0 amide bonds. The first-order valence-electron chi connectivity index (χ1n) is 7.79. The number of aliphatic hydroxyl groups is 4. The Kier molecular flexibility index (Phi) is 4.50. The van der Waals surface area contributed by atoms with E-state index in [1.807, 2.05) is 6.92 Å². The summed E-state index contributed by atoms with van der Waals surface area (Å²) >= 11 is 0. The standard InChI is InChI=1S/C17H22N2O4/c1-10-2-4-11(5-3-10)6-7-12-8-19-13(9-20)14(21)15(22)16(23)17(19)18-12/h2-5,8,13-16,20-23H,6-7,9H2,1H3/t13-,14-,15+,16-/m1/s1. The summed E-state index contributed by atoms with van der Waals surface area (Å²) in [5, 5.41) is 39.4. The molecular weight excluding hydrogens is 296 g/mol. The Morgan fingerprint density at radius 1 is 1.04 bits per heavy atom. The van der Waals surface area contributed by atoms with Gasteiger partial charge >= 0.3 is 0 Å². The van der Waals surface area contributed by atoms with E-state index < -0.39 is 24.4 Å². The van der Waals surface area contributed by atoms with Gasteiger partial charge in [0.2, 0.25) is 0 Å². The molecule has 4 atom stereocenters. The molecule has 4 N–H and O–H groups in total. The van der Waals surface area contributed by atoms with Gasteiger partial charge in [-0.15, -0.1) is 0 Å². The first-order valence-corrected chi connectivity index (χ1v) is 7.79. The van der Waals surface area contributed by atoms with E-state index in [1.165, 1.54) is 11.1 Å². The highest BCUT2D eigenvalue weighted by molar-refractivity contribution is 5.22. The van der Waals surface area contributed by atoms with Gasteiger partial charge in [-0.05, 0) is 25.3 Å². The smallest absolute Gasteiger partial charge is 0.141 e. The third-order valence-electron chi connectivity index (χ3n) is 4.48. The van der Waals surface area contributed by atoms with Crippen LogP contribution in [-0.2, 0) is 12.8 Å². The van der Waals surface area contributed by atoms with Crippen molar-refractivity contribution in [1.82, 2.24) is 9.55 Å². The Morgan fingerprint density at radius 3 is 2.39 bits per heavy atom. The van der Waals surface area contributed by atoms with E-state index in [2.05, 4.69) is 29.2 Å². The summed E-state index contributed by atoms with van der Waals surface area (Å²) in [6.07, 6.45) is -0.584. The van der Waals surface area contributed by atoms with Crippen molar-refractivity contribution in [3.63, 3.8) is 0 Å². The Balaban J connectivity index is 1.79. The molecule has 0 bridgehead atoms. The zero-order valence-corrected chi connectivity index (χ0v) is 13.0. The topological polar surface area (TPSA) is 98.7 Å². The van der Waals surface area contributed by atoms with Crippen LogP contribution in [0.1, 0.15) is 34.8 Å². The van der Waals surface area contributed by atoms with E-state index in [4.69, 9.17) is 0 Å². The maximum atomic E-state index is 10.1. The number of fused-ring (bicyclic) bond motifs is 1. The summed E-state index contributed by atoms with van der Waals surface area (Å²) in [4.78, 5) is 4.38. The van der Waals surface area contributed by atoms with Gasteiger partial charge in [-0.2, -0.15) is 0 Å². The Labute approximate surface area is 134 Å². The molecule has 0 unspecified atom stereocenters. The highest BCUT2D eigenvalue weighted by Crippen LogP contribution is 2.32. The average molecular weight is 318 g/mol. The van der Waals surface area contributed by atoms with Gasteiger partial charge in [-0.1, -0.05) is 29.8 Å². The molecular formula is C17H22N2O4. The van der Waals surface area contributed by atoms with Crippen LogP contribution in [0.4, 0.5) is 0 Å². The maximum Gasteiger partial charge on any atom is 0.141 e. The van der Waals surface area contributed by atoms with Crippen molar-refractivity contribution in [1.29, 1.82) is 0 Å². The molecule has 0 spiro atoms. The molecule has 124 valence electrons. The maximum absolute atomic E-state index is 10.1. The number of rotatable bonds is 4. The Bertz CT molecular complexity index is 668. The van der Waals surface area contributed by atoms with Crippen molar-refractivity contribution in [2.75, 3.05) is 6.61 Å². The molecule has 3 rings (SSSR count). The summed E-state index contributed by atoms with van der Waals surface area (Å²) < 4.78 is 1.58. The van der Waals surface area contributed by atoms with E-state index in [1.54, 1.807) is 10.8 Å². The van der Waals surface area contributed by atoms with Gasteiger partial charge in [-0.25, -0.2) is 4.98 Å². The lowest BCUT2D eigenvalue weighted by Gasteiger charge is -2.35. The molecule has 2 heterocycles. The largest absolute Gasteiger partial charge is 0.394 e. The van der Waals surface area contributed by atoms with Crippen LogP contribution in [0.3, 0.4) is 0 Å². The molecule has 0 saturated carbocycles. The van der Waals surface area contributed by atoms with Crippen LogP contribution in [0.2, 0.25) is 0 Å². The fraction of sp³-hybridized carbons (Fsp3) is 0.471. The molecule has 1 aliphatic heterocycles. The highest BCUT2D eigenvalue weighted by atomic mass is 16.4. The second-order valence-electron chi connectivity index (χ2n) is 6.16. The lowest BCUT2D eigenvalue weighted by molar-refractivity contribution is -0.108. The zero-order chi connectivity index (χ0) is 16.6. The fourth-order valence-electron chi connectivity index (χ4n) is 3.02. The van der Waals surface area contributed by atoms with Gasteiger partial charge in [0.15, 0.2) is 0 Å². The SMILES string of the molecule is Cc1ccc(CCc2cn3c(n2)[C@H](O)[C@@H](O)[C@H](O)[C@H]3CO)cc1. The summed E-state index contributed by atoms with van der Waals surface area (Å²) in [6, 6.07) is 7.58. The van der Waals surface area contributed by atoms with Crippen molar-refractivity contribution >= 4 is 0 Å². The van der Waals surface area contributed by atoms with Crippen LogP contribution >= 0.6 is 0 Å². The number of aliphatic hydroxyl groups excluding tert-OH is 4. The van der Waals surface area contributed by atoms with Crippen LogP contribution in [0.5, 0.6) is 0 Å². The van der Waals surface area contributed by atoms with Crippen molar-refractivity contribution in [2.45, 2.75) is 44.1 Å². The number of hydrogen-bond donors (Lipinski definition) is 4. The van der Waals surface area contributed by atoms with Crippen molar-refractivity contribution in [2.24, 2.45) is 0 Å². The van der Waals surface area contributed by atoms with E-state index in [0.717, 1.165) is 12.1 Å². The second kappa shape index (κ2) is 6.41. The van der Waals surface area contributed by atoms with Gasteiger partial charge in [0.05, 0.1) is 18.3 Å². The van der Waals surface area contributed by atoms with Crippen LogP contribution in [0.15, 0.2) is 30.5 Å². The lowest BCUT2D eigenvalue weighted by Crippen LogP contribution is -2.46. The Morgan fingerprint density at radius 2 is 1.74 bits per heavy atom. The van der Waals surface area contributed by atoms with Crippen molar-refractivity contribution < 1.29 is 20.4 Å². The average Bonchev–Trinajstić information content (AvgIpc) is 2.97. The van der Waals surface area contributed by atoms with Crippen LogP contribution in [0.25, 0.3) is 0 Å². The first kappa shape index (κ1) is 16.1. The summed E-state index contributed by atoms with van der Waals surface area (Å²) in [5.41, 5.74) is 3.17. The number of nitrogens with zero attached hydrogens (tertiary/aromatic N) is 2. The van der Waals surface area contributed by atoms with Gasteiger partial charge in [0, 0.05) is 6.20 Å². The number of benzene rings is 1. The third-order valence-corrected chi connectivity index (χ3v) is 4.48. The summed E-state index contributed by atoms with van der Waals surface area (Å²) in [5.74, 6) is 0.292. The normalized spacial score (nSPS) is 27.0. The lowest BCUT2D eigenvalue weighted by atomic mass is 9.96. The fourth-order valence-corrected chi connectivity index (χ4v) is 3.02. The van der Waals surface area contributed by atoms with Crippen LogP contribution in [-0.4, -0.2) is 48.8 Å². The molecule has 0 fully saturated rings. The molecule has 6 nitrogen and oxygen atoms in total. The number of hydrogen-bond acceptors (Lipinski definition) is 5. The van der Waals surface area contributed by atoms with E-state index in [-0.39, 0.29) is 6.61 Å². The van der Waals surface area contributed by atoms with Gasteiger partial charge < -0.3 is 25.0 Å². The van der Waals surface area contributed by atoms with E-state index in [9.17, 15) is 20.4 Å². The van der Waals surface area contributed by atoms with Crippen LogP contribution < -0.4 is 0 Å². The molecule has 0 aliphatic carbocycles. The molecule has 1 aromatic carbocycles. The number of imidazole rings is 1. The minimum absolute atomic E-state index is 0.292. The van der Waals surface area contributed by atoms with E-state index in [0.29, 0.717) is 12.2 Å². The molecule has 23 heavy (non-hydrogen) atoms. The monoisotopic (exact) mass is 318 g/mol. The van der Waals surface area contributed by atoms with Crippen LogP contribution in [0, 0.1) is 6.92 Å². The molecule has 1 aliphatic rings. The predicted octanol–water partition coefficient (Wildman–Crippen LogP) is 0.279. The molecule has 0 saturated heterocycles. The quantitative estimate of drug-likeness (QED) is 0.649.